The Bertz CT molecular complexity index is 1190. The topological polar surface area (TPSA) is 76.5 Å². The molecule has 1 amide bonds. The van der Waals surface area contributed by atoms with Crippen molar-refractivity contribution in [2.45, 2.75) is 38.4 Å². The van der Waals surface area contributed by atoms with Crippen LogP contribution in [0.25, 0.3) is 15.9 Å². The van der Waals surface area contributed by atoms with Crippen molar-refractivity contribution >= 4 is 39.2 Å². The molecule has 0 bridgehead atoms. The molecule has 9 heteroatoms. The maximum atomic E-state index is 13.8. The third-order valence-electron chi connectivity index (χ3n) is 5.59. The van der Waals surface area contributed by atoms with Crippen LogP contribution in [0.15, 0.2) is 34.2 Å². The van der Waals surface area contributed by atoms with E-state index in [1.165, 1.54) is 16.6 Å². The standard InChI is InChI=1S/C23H28N4O3S2/c1-4-10-24-19(28)14-31-23-25-21-20(17-9-11-26(5-2)13-18(17)32-21)22(29)27(23)15-7-6-8-16(12-15)30-3/h6-8,12H,4-5,9-11,13-14H2,1-3H3,(H,24,28). The fourth-order valence-corrected chi connectivity index (χ4v) is 6.01. The molecular formula is C23H28N4O3S2. The Labute approximate surface area is 195 Å². The summed E-state index contributed by atoms with van der Waals surface area (Å²) < 4.78 is 7.00. The van der Waals surface area contributed by atoms with Gasteiger partial charge in [0.2, 0.25) is 5.91 Å². The second kappa shape index (κ2) is 10.1. The predicted molar refractivity (Wildman–Crippen MR) is 130 cm³/mol. The Morgan fingerprint density at radius 3 is 2.94 bits per heavy atom. The van der Waals surface area contributed by atoms with E-state index < -0.39 is 0 Å². The summed E-state index contributed by atoms with van der Waals surface area (Å²) in [4.78, 5) is 35.3. The number of nitrogens with one attached hydrogen (secondary N) is 1. The lowest BCUT2D eigenvalue weighted by Crippen LogP contribution is -2.30. The Morgan fingerprint density at radius 2 is 2.19 bits per heavy atom. The first-order valence-electron chi connectivity index (χ1n) is 10.9. The van der Waals surface area contributed by atoms with Crippen molar-refractivity contribution in [3.8, 4) is 11.4 Å². The number of hydrogen-bond donors (Lipinski definition) is 1. The number of hydrogen-bond acceptors (Lipinski definition) is 7. The molecule has 3 heterocycles. The van der Waals surface area contributed by atoms with Gasteiger partial charge in [-0.15, -0.1) is 11.3 Å². The maximum absolute atomic E-state index is 13.8. The van der Waals surface area contributed by atoms with Gasteiger partial charge in [-0.1, -0.05) is 31.7 Å². The summed E-state index contributed by atoms with van der Waals surface area (Å²) in [6, 6.07) is 7.40. The average molecular weight is 473 g/mol. The lowest BCUT2D eigenvalue weighted by Gasteiger charge is -2.25. The molecular weight excluding hydrogens is 444 g/mol. The minimum absolute atomic E-state index is 0.0625. The zero-order chi connectivity index (χ0) is 22.7. The molecule has 0 spiro atoms. The van der Waals surface area contributed by atoms with Crippen molar-refractivity contribution in [2.24, 2.45) is 0 Å². The van der Waals surface area contributed by atoms with Crippen molar-refractivity contribution in [1.29, 1.82) is 0 Å². The second-order valence-electron chi connectivity index (χ2n) is 7.68. The highest BCUT2D eigenvalue weighted by Gasteiger charge is 2.25. The number of ether oxygens (including phenoxy) is 1. The van der Waals surface area contributed by atoms with Gasteiger partial charge in [0, 0.05) is 30.6 Å². The molecule has 1 aromatic carbocycles. The number of amides is 1. The third-order valence-corrected chi connectivity index (χ3v) is 7.64. The Kier molecular flexibility index (Phi) is 7.17. The fraction of sp³-hybridized carbons (Fsp3) is 0.435. The molecule has 7 nitrogen and oxygen atoms in total. The van der Waals surface area contributed by atoms with Crippen LogP contribution in [0.2, 0.25) is 0 Å². The number of rotatable bonds is 8. The summed E-state index contributed by atoms with van der Waals surface area (Å²) in [7, 11) is 1.60. The van der Waals surface area contributed by atoms with Crippen LogP contribution in [0.3, 0.4) is 0 Å². The van der Waals surface area contributed by atoms with Gasteiger partial charge in [-0.3, -0.25) is 19.1 Å². The molecule has 3 aromatic rings. The Balaban J connectivity index is 1.82. The van der Waals surface area contributed by atoms with Crippen LogP contribution < -0.4 is 15.6 Å². The molecule has 0 saturated heterocycles. The van der Waals surface area contributed by atoms with E-state index in [4.69, 9.17) is 9.72 Å². The minimum Gasteiger partial charge on any atom is -0.497 e. The van der Waals surface area contributed by atoms with Crippen molar-refractivity contribution in [2.75, 3.05) is 32.5 Å². The van der Waals surface area contributed by atoms with Gasteiger partial charge in [0.05, 0.1) is 23.9 Å². The maximum Gasteiger partial charge on any atom is 0.267 e. The molecule has 1 N–H and O–H groups in total. The van der Waals surface area contributed by atoms with E-state index in [9.17, 15) is 9.59 Å². The fourth-order valence-electron chi connectivity index (χ4n) is 3.87. The number of benzene rings is 1. The summed E-state index contributed by atoms with van der Waals surface area (Å²) in [5, 5.41) is 4.12. The van der Waals surface area contributed by atoms with Gasteiger partial charge in [0.15, 0.2) is 5.16 Å². The van der Waals surface area contributed by atoms with Gasteiger partial charge in [0.1, 0.15) is 10.6 Å². The van der Waals surface area contributed by atoms with E-state index >= 15 is 0 Å². The van der Waals surface area contributed by atoms with Crippen LogP contribution in [0.5, 0.6) is 5.75 Å². The van der Waals surface area contributed by atoms with Crippen LogP contribution in [0, 0.1) is 0 Å². The number of fused-ring (bicyclic) bond motifs is 3. The van der Waals surface area contributed by atoms with Gasteiger partial charge in [-0.2, -0.15) is 0 Å². The Hall–Kier alpha value is -2.36. The monoisotopic (exact) mass is 472 g/mol. The summed E-state index contributed by atoms with van der Waals surface area (Å²) in [6.45, 7) is 7.60. The molecule has 4 rings (SSSR count). The zero-order valence-electron chi connectivity index (χ0n) is 18.6. The SMILES string of the molecule is CCCNC(=O)CSc1nc2sc3c(c2c(=O)n1-c1cccc(OC)c1)CCN(CC)C3. The normalized spacial score (nSPS) is 13.8. The molecule has 0 atom stereocenters. The number of thiophene rings is 1. The van der Waals surface area contributed by atoms with E-state index in [0.717, 1.165) is 42.9 Å². The third kappa shape index (κ3) is 4.55. The predicted octanol–water partition coefficient (Wildman–Crippen LogP) is 3.45. The van der Waals surface area contributed by atoms with Crippen LogP contribution in [0.1, 0.15) is 30.7 Å². The molecule has 0 radical (unpaired) electrons. The van der Waals surface area contributed by atoms with E-state index in [1.54, 1.807) is 23.0 Å². The molecule has 32 heavy (non-hydrogen) atoms. The van der Waals surface area contributed by atoms with E-state index in [-0.39, 0.29) is 17.2 Å². The molecule has 170 valence electrons. The molecule has 0 saturated carbocycles. The molecule has 1 aliphatic rings. The number of aromatic nitrogens is 2. The van der Waals surface area contributed by atoms with Gasteiger partial charge in [0.25, 0.3) is 5.56 Å². The van der Waals surface area contributed by atoms with Gasteiger partial charge in [-0.05, 0) is 37.1 Å². The van der Waals surface area contributed by atoms with Crippen molar-refractivity contribution < 1.29 is 9.53 Å². The number of thioether (sulfide) groups is 1. The summed E-state index contributed by atoms with van der Waals surface area (Å²) in [5.41, 5.74) is 1.73. The minimum atomic E-state index is -0.0813. The Morgan fingerprint density at radius 1 is 1.34 bits per heavy atom. The zero-order valence-corrected chi connectivity index (χ0v) is 20.3. The first-order chi connectivity index (χ1) is 15.5. The lowest BCUT2D eigenvalue weighted by molar-refractivity contribution is -0.118. The number of methoxy groups -OCH3 is 1. The van der Waals surface area contributed by atoms with Gasteiger partial charge < -0.3 is 10.1 Å². The number of carbonyl (C=O) groups is 1. The number of carbonyl (C=O) groups excluding carboxylic acids is 1. The molecule has 0 fully saturated rings. The smallest absolute Gasteiger partial charge is 0.267 e. The average Bonchev–Trinajstić information content (AvgIpc) is 3.19. The van der Waals surface area contributed by atoms with E-state index in [0.29, 0.717) is 28.5 Å². The van der Waals surface area contributed by atoms with Crippen LogP contribution in [-0.4, -0.2) is 52.9 Å². The highest BCUT2D eigenvalue weighted by molar-refractivity contribution is 7.99. The van der Waals surface area contributed by atoms with E-state index in [1.807, 2.05) is 31.2 Å². The van der Waals surface area contributed by atoms with Crippen molar-refractivity contribution in [1.82, 2.24) is 19.8 Å². The van der Waals surface area contributed by atoms with Crippen LogP contribution in [-0.2, 0) is 17.8 Å². The highest BCUT2D eigenvalue weighted by Crippen LogP contribution is 2.34. The largest absolute Gasteiger partial charge is 0.497 e. The summed E-state index contributed by atoms with van der Waals surface area (Å²) in [6.07, 6.45) is 1.73. The van der Waals surface area contributed by atoms with E-state index in [2.05, 4.69) is 17.1 Å². The first kappa shape index (κ1) is 22.8. The second-order valence-corrected chi connectivity index (χ2v) is 9.70. The lowest BCUT2D eigenvalue weighted by atomic mass is 10.1. The first-order valence-corrected chi connectivity index (χ1v) is 12.7. The molecule has 0 aliphatic carbocycles. The summed E-state index contributed by atoms with van der Waals surface area (Å²) in [5.74, 6) is 0.806. The molecule has 1 aliphatic heterocycles. The van der Waals surface area contributed by atoms with Crippen LogP contribution in [0.4, 0.5) is 0 Å². The quantitative estimate of drug-likeness (QED) is 0.400. The molecule has 2 aromatic heterocycles. The van der Waals surface area contributed by atoms with Crippen molar-refractivity contribution in [3.63, 3.8) is 0 Å². The number of likely N-dealkylation sites (N-methyl/N-ethyl adjacent to an activating group) is 1. The van der Waals surface area contributed by atoms with Gasteiger partial charge >= 0.3 is 0 Å². The molecule has 0 unspecified atom stereocenters. The highest BCUT2D eigenvalue weighted by atomic mass is 32.2. The number of nitrogens with zero attached hydrogens (tertiary/aromatic N) is 3. The van der Waals surface area contributed by atoms with Crippen LogP contribution >= 0.6 is 23.1 Å². The van der Waals surface area contributed by atoms with Crippen molar-refractivity contribution in [3.05, 3.63) is 45.1 Å². The summed E-state index contributed by atoms with van der Waals surface area (Å²) >= 11 is 2.89. The van der Waals surface area contributed by atoms with Gasteiger partial charge in [-0.25, -0.2) is 4.98 Å².